The molecule has 0 aliphatic heterocycles. The van der Waals surface area contributed by atoms with Gasteiger partial charge >= 0.3 is 0 Å². The first-order valence-electron chi connectivity index (χ1n) is 5.00. The third-order valence-corrected chi connectivity index (χ3v) is 2.24. The molecule has 2 heterocycles. The molecule has 2 N–H and O–H groups in total. The van der Waals surface area contributed by atoms with Crippen molar-refractivity contribution in [1.82, 2.24) is 19.8 Å². The molecule has 2 aromatic heterocycles. The first kappa shape index (κ1) is 10.0. The lowest BCUT2D eigenvalue weighted by molar-refractivity contribution is 0.468. The number of hydrogen-bond donors (Lipinski definition) is 1. The fourth-order valence-corrected chi connectivity index (χ4v) is 1.38. The maximum absolute atomic E-state index is 5.92. The van der Waals surface area contributed by atoms with E-state index in [1.807, 2.05) is 26.0 Å². The van der Waals surface area contributed by atoms with Gasteiger partial charge in [0.05, 0.1) is 0 Å². The number of fused-ring (bicyclic) bond motifs is 1. The van der Waals surface area contributed by atoms with E-state index in [0.717, 1.165) is 24.3 Å². The molecule has 0 saturated heterocycles. The Bertz CT molecular complexity index is 454. The van der Waals surface area contributed by atoms with Crippen molar-refractivity contribution in [3.05, 3.63) is 24.2 Å². The second-order valence-corrected chi connectivity index (χ2v) is 4.40. The number of rotatable bonds is 3. The van der Waals surface area contributed by atoms with Crippen LogP contribution in [-0.2, 0) is 6.42 Å². The Kier molecular flexibility index (Phi) is 2.40. The lowest BCUT2D eigenvalue weighted by Crippen LogP contribution is -2.32. The minimum absolute atomic E-state index is 0.180. The summed E-state index contributed by atoms with van der Waals surface area (Å²) in [6, 6.07) is 3.73. The van der Waals surface area contributed by atoms with Crippen LogP contribution >= 0.6 is 0 Å². The molecule has 0 fully saturated rings. The van der Waals surface area contributed by atoms with Crippen molar-refractivity contribution >= 4 is 5.65 Å². The van der Waals surface area contributed by atoms with Crippen molar-refractivity contribution in [2.45, 2.75) is 32.2 Å². The van der Waals surface area contributed by atoms with Gasteiger partial charge in [-0.15, -0.1) is 10.2 Å². The molecule has 0 aliphatic rings. The van der Waals surface area contributed by atoms with Crippen molar-refractivity contribution < 1.29 is 0 Å². The van der Waals surface area contributed by atoms with Crippen LogP contribution in [0.5, 0.6) is 0 Å². The minimum atomic E-state index is -0.180. The van der Waals surface area contributed by atoms with E-state index in [4.69, 9.17) is 5.73 Å². The second kappa shape index (κ2) is 3.58. The smallest absolute Gasteiger partial charge is 0.177 e. The molecule has 0 amide bonds. The van der Waals surface area contributed by atoms with E-state index in [2.05, 4.69) is 15.3 Å². The van der Waals surface area contributed by atoms with Gasteiger partial charge in [-0.2, -0.15) is 9.61 Å². The highest BCUT2D eigenvalue weighted by Crippen LogP contribution is 2.09. The Morgan fingerprint density at radius 3 is 2.93 bits per heavy atom. The Balaban J connectivity index is 2.22. The first-order valence-corrected chi connectivity index (χ1v) is 5.00. The molecule has 2 aromatic rings. The number of aromatic nitrogens is 4. The molecule has 0 saturated carbocycles. The van der Waals surface area contributed by atoms with Gasteiger partial charge in [0.15, 0.2) is 11.5 Å². The van der Waals surface area contributed by atoms with Crippen molar-refractivity contribution in [3.8, 4) is 0 Å². The van der Waals surface area contributed by atoms with Crippen LogP contribution in [0.1, 0.15) is 26.1 Å². The molecule has 5 nitrogen and oxygen atoms in total. The standard InChI is InChI=1S/C10H15N5/c1-10(2,11)6-5-9-14-13-8-4-3-7-12-15(8)9/h3-4,7H,5-6,11H2,1-2H3. The SMILES string of the molecule is CC(C)(N)CCc1nnc2cccnn12. The Hall–Kier alpha value is -1.49. The largest absolute Gasteiger partial charge is 0.326 e. The summed E-state index contributed by atoms with van der Waals surface area (Å²) in [5.41, 5.74) is 6.52. The molecule has 0 spiro atoms. The van der Waals surface area contributed by atoms with Gasteiger partial charge in [0.1, 0.15) is 0 Å². The van der Waals surface area contributed by atoms with E-state index in [1.165, 1.54) is 0 Å². The zero-order valence-corrected chi connectivity index (χ0v) is 9.01. The monoisotopic (exact) mass is 205 g/mol. The molecular formula is C10H15N5. The average Bonchev–Trinajstić information content (AvgIpc) is 2.57. The summed E-state index contributed by atoms with van der Waals surface area (Å²) < 4.78 is 1.76. The molecule has 15 heavy (non-hydrogen) atoms. The molecule has 0 aromatic carbocycles. The van der Waals surface area contributed by atoms with Crippen molar-refractivity contribution in [2.24, 2.45) is 5.73 Å². The van der Waals surface area contributed by atoms with E-state index in [9.17, 15) is 0 Å². The fraction of sp³-hybridized carbons (Fsp3) is 0.500. The summed E-state index contributed by atoms with van der Waals surface area (Å²) in [6.45, 7) is 4.01. The normalized spacial score (nSPS) is 12.2. The van der Waals surface area contributed by atoms with E-state index in [-0.39, 0.29) is 5.54 Å². The van der Waals surface area contributed by atoms with Crippen LogP contribution in [0, 0.1) is 0 Å². The molecule has 0 unspecified atom stereocenters. The first-order chi connectivity index (χ1) is 7.06. The number of nitrogens with two attached hydrogens (primary N) is 1. The van der Waals surface area contributed by atoms with Crippen LogP contribution < -0.4 is 5.73 Å². The number of aryl methyl sites for hydroxylation is 1. The highest BCUT2D eigenvalue weighted by atomic mass is 15.4. The maximum atomic E-state index is 5.92. The van der Waals surface area contributed by atoms with E-state index in [0.29, 0.717) is 0 Å². The maximum Gasteiger partial charge on any atom is 0.177 e. The summed E-state index contributed by atoms with van der Waals surface area (Å²) in [5, 5.41) is 12.3. The predicted octanol–water partition coefficient (Wildman–Crippen LogP) is 0.794. The highest BCUT2D eigenvalue weighted by Gasteiger charge is 2.13. The zero-order chi connectivity index (χ0) is 10.9. The lowest BCUT2D eigenvalue weighted by atomic mass is 10.0. The third kappa shape index (κ3) is 2.30. The van der Waals surface area contributed by atoms with Gasteiger partial charge in [-0.1, -0.05) is 0 Å². The van der Waals surface area contributed by atoms with E-state index < -0.39 is 0 Å². The van der Waals surface area contributed by atoms with Gasteiger partial charge < -0.3 is 5.73 Å². The van der Waals surface area contributed by atoms with Crippen LogP contribution in [0.3, 0.4) is 0 Å². The van der Waals surface area contributed by atoms with Crippen molar-refractivity contribution in [3.63, 3.8) is 0 Å². The fourth-order valence-electron chi connectivity index (χ4n) is 1.38. The van der Waals surface area contributed by atoms with Crippen LogP contribution in [0.15, 0.2) is 18.3 Å². The van der Waals surface area contributed by atoms with Crippen LogP contribution in [0.4, 0.5) is 0 Å². The topological polar surface area (TPSA) is 69.1 Å². The Morgan fingerprint density at radius 2 is 2.20 bits per heavy atom. The van der Waals surface area contributed by atoms with Gasteiger partial charge in [-0.3, -0.25) is 0 Å². The molecule has 0 radical (unpaired) electrons. The molecule has 2 rings (SSSR count). The summed E-state index contributed by atoms with van der Waals surface area (Å²) in [6.07, 6.45) is 3.39. The van der Waals surface area contributed by atoms with Crippen LogP contribution in [-0.4, -0.2) is 25.4 Å². The molecule has 5 heteroatoms. The highest BCUT2D eigenvalue weighted by molar-refractivity contribution is 5.34. The van der Waals surface area contributed by atoms with Crippen molar-refractivity contribution in [2.75, 3.05) is 0 Å². The molecule has 0 aliphatic carbocycles. The molecule has 0 atom stereocenters. The van der Waals surface area contributed by atoms with Crippen molar-refractivity contribution in [1.29, 1.82) is 0 Å². The molecular weight excluding hydrogens is 190 g/mol. The Morgan fingerprint density at radius 1 is 1.40 bits per heavy atom. The summed E-state index contributed by atoms with van der Waals surface area (Å²) in [4.78, 5) is 0. The number of hydrogen-bond acceptors (Lipinski definition) is 4. The lowest BCUT2D eigenvalue weighted by Gasteiger charge is -2.16. The van der Waals surface area contributed by atoms with Gasteiger partial charge in [0, 0.05) is 18.2 Å². The molecule has 0 bridgehead atoms. The summed E-state index contributed by atoms with van der Waals surface area (Å²) in [5.74, 6) is 0.865. The van der Waals surface area contributed by atoms with Crippen LogP contribution in [0.2, 0.25) is 0 Å². The Labute approximate surface area is 88.3 Å². The summed E-state index contributed by atoms with van der Waals surface area (Å²) >= 11 is 0. The van der Waals surface area contributed by atoms with Gasteiger partial charge in [-0.25, -0.2) is 0 Å². The van der Waals surface area contributed by atoms with Gasteiger partial charge in [0.2, 0.25) is 0 Å². The zero-order valence-electron chi connectivity index (χ0n) is 9.01. The third-order valence-electron chi connectivity index (χ3n) is 2.24. The van der Waals surface area contributed by atoms with Crippen LogP contribution in [0.25, 0.3) is 5.65 Å². The molecule has 80 valence electrons. The van der Waals surface area contributed by atoms with Gasteiger partial charge in [0.25, 0.3) is 0 Å². The predicted molar refractivity (Wildman–Crippen MR) is 57.4 cm³/mol. The second-order valence-electron chi connectivity index (χ2n) is 4.40. The van der Waals surface area contributed by atoms with Gasteiger partial charge in [-0.05, 0) is 32.4 Å². The average molecular weight is 205 g/mol. The summed E-state index contributed by atoms with van der Waals surface area (Å²) in [7, 11) is 0. The quantitative estimate of drug-likeness (QED) is 0.804. The number of nitrogens with zero attached hydrogens (tertiary/aromatic N) is 4. The van der Waals surface area contributed by atoms with E-state index >= 15 is 0 Å². The minimum Gasteiger partial charge on any atom is -0.326 e. The van der Waals surface area contributed by atoms with E-state index in [1.54, 1.807) is 10.7 Å².